The van der Waals surface area contributed by atoms with E-state index in [9.17, 15) is 9.90 Å². The van der Waals surface area contributed by atoms with Crippen molar-refractivity contribution in [3.63, 3.8) is 0 Å². The van der Waals surface area contributed by atoms with E-state index in [0.717, 1.165) is 0 Å². The lowest BCUT2D eigenvalue weighted by Crippen LogP contribution is -2.57. The normalized spacial score (nSPS) is 24.8. The van der Waals surface area contributed by atoms with Crippen LogP contribution in [0.25, 0.3) is 0 Å². The lowest BCUT2D eigenvalue weighted by Gasteiger charge is -2.45. The molecule has 0 aromatic carbocycles. The summed E-state index contributed by atoms with van der Waals surface area (Å²) in [5.74, 6) is -0.0610. The lowest BCUT2D eigenvalue weighted by molar-refractivity contribution is -0.135. The van der Waals surface area contributed by atoms with E-state index in [1.54, 1.807) is 17.1 Å². The van der Waals surface area contributed by atoms with Crippen molar-refractivity contribution in [3.8, 4) is 0 Å². The molecular formula is C16H29NO3Si. The maximum atomic E-state index is 11.8. The molecule has 21 heavy (non-hydrogen) atoms. The van der Waals surface area contributed by atoms with Crippen LogP contribution in [-0.2, 0) is 9.22 Å². The zero-order valence-electron chi connectivity index (χ0n) is 14.1. The van der Waals surface area contributed by atoms with Crippen LogP contribution >= 0.6 is 0 Å². The van der Waals surface area contributed by atoms with Crippen LogP contribution in [0, 0.1) is 0 Å². The van der Waals surface area contributed by atoms with Gasteiger partial charge in [-0.1, -0.05) is 39.0 Å². The van der Waals surface area contributed by atoms with E-state index in [2.05, 4.69) is 40.4 Å². The summed E-state index contributed by atoms with van der Waals surface area (Å²) in [4.78, 5) is 13.5. The Hall–Kier alpha value is -0.913. The molecule has 1 heterocycles. The van der Waals surface area contributed by atoms with Gasteiger partial charge in [0, 0.05) is 13.5 Å². The Labute approximate surface area is 129 Å². The van der Waals surface area contributed by atoms with Crippen LogP contribution in [0.4, 0.5) is 0 Å². The Bertz CT molecular complexity index is 426. The first-order valence-corrected chi connectivity index (χ1v) is 10.3. The molecule has 0 unspecified atom stereocenters. The second-order valence-corrected chi connectivity index (χ2v) is 11.9. The number of hydrogen-bond donors (Lipinski definition) is 1. The molecule has 0 bridgehead atoms. The average molecular weight is 311 g/mol. The van der Waals surface area contributed by atoms with Gasteiger partial charge in [-0.25, -0.2) is 0 Å². The van der Waals surface area contributed by atoms with Crippen molar-refractivity contribution in [1.82, 2.24) is 4.90 Å². The molecular weight excluding hydrogens is 282 g/mol. The van der Waals surface area contributed by atoms with E-state index < -0.39 is 20.5 Å². The third-order valence-electron chi connectivity index (χ3n) is 4.56. The fraction of sp³-hybridized carbons (Fsp3) is 0.688. The van der Waals surface area contributed by atoms with E-state index in [4.69, 9.17) is 4.43 Å². The standard InChI is InChI=1S/C16H29NO3Si/c1-8-14(20-21(6,7)16(3,4)5)15-13(19)10-9-11-17(15)12(2)18/h8-10,13-15,19H,1,11H2,2-7H3/t13-,14+,15+/m0/s1. The summed E-state index contributed by atoms with van der Waals surface area (Å²) in [6.07, 6.45) is 4.17. The minimum Gasteiger partial charge on any atom is -0.408 e. The Kier molecular flexibility index (Phi) is 5.58. The third-order valence-corrected chi connectivity index (χ3v) is 9.03. The molecule has 1 rings (SSSR count). The van der Waals surface area contributed by atoms with Crippen LogP contribution in [-0.4, -0.2) is 49.0 Å². The highest BCUT2D eigenvalue weighted by atomic mass is 28.4. The monoisotopic (exact) mass is 311 g/mol. The SMILES string of the molecule is C=C[C@@H](O[Si](C)(C)C(C)(C)C)[C@H]1[C@@H](O)C=CCN1C(C)=O. The number of carbonyl (C=O) groups excluding carboxylic acids is 1. The highest BCUT2D eigenvalue weighted by Gasteiger charge is 2.43. The van der Waals surface area contributed by atoms with Gasteiger partial charge in [-0.15, -0.1) is 6.58 Å². The van der Waals surface area contributed by atoms with Crippen LogP contribution in [0.3, 0.4) is 0 Å². The van der Waals surface area contributed by atoms with Gasteiger partial charge in [0.05, 0.1) is 18.2 Å². The summed E-state index contributed by atoms with van der Waals surface area (Å²) >= 11 is 0. The highest BCUT2D eigenvalue weighted by Crippen LogP contribution is 2.38. The van der Waals surface area contributed by atoms with Gasteiger partial charge in [0.2, 0.25) is 5.91 Å². The van der Waals surface area contributed by atoms with Crippen molar-refractivity contribution in [1.29, 1.82) is 0 Å². The smallest absolute Gasteiger partial charge is 0.220 e. The van der Waals surface area contributed by atoms with Crippen molar-refractivity contribution in [2.45, 2.75) is 64.1 Å². The first-order valence-electron chi connectivity index (χ1n) is 7.43. The topological polar surface area (TPSA) is 49.8 Å². The zero-order valence-corrected chi connectivity index (χ0v) is 15.1. The van der Waals surface area contributed by atoms with E-state index in [1.807, 2.05) is 6.08 Å². The molecule has 0 saturated carbocycles. The number of carbonyl (C=O) groups is 1. The molecule has 1 aliphatic heterocycles. The first kappa shape index (κ1) is 18.1. The maximum Gasteiger partial charge on any atom is 0.220 e. The second-order valence-electron chi connectivity index (χ2n) is 7.16. The molecule has 0 fully saturated rings. The van der Waals surface area contributed by atoms with Gasteiger partial charge in [0.1, 0.15) is 0 Å². The van der Waals surface area contributed by atoms with Crippen LogP contribution in [0.5, 0.6) is 0 Å². The molecule has 0 radical (unpaired) electrons. The highest BCUT2D eigenvalue weighted by molar-refractivity contribution is 6.74. The van der Waals surface area contributed by atoms with Crippen LogP contribution in [0.15, 0.2) is 24.8 Å². The van der Waals surface area contributed by atoms with Crippen LogP contribution < -0.4 is 0 Å². The van der Waals surface area contributed by atoms with Gasteiger partial charge in [0.15, 0.2) is 8.32 Å². The van der Waals surface area contributed by atoms with Gasteiger partial charge in [0.25, 0.3) is 0 Å². The fourth-order valence-electron chi connectivity index (χ4n) is 2.22. The zero-order chi connectivity index (χ0) is 16.4. The lowest BCUT2D eigenvalue weighted by atomic mass is 9.99. The number of hydrogen-bond acceptors (Lipinski definition) is 3. The average Bonchev–Trinajstić information content (AvgIpc) is 2.34. The van der Waals surface area contributed by atoms with Gasteiger partial charge < -0.3 is 14.4 Å². The molecule has 120 valence electrons. The van der Waals surface area contributed by atoms with E-state index >= 15 is 0 Å². The maximum absolute atomic E-state index is 11.8. The van der Waals surface area contributed by atoms with Crippen molar-refractivity contribution in [3.05, 3.63) is 24.8 Å². The summed E-state index contributed by atoms with van der Waals surface area (Å²) in [6.45, 7) is 16.7. The Morgan fingerprint density at radius 2 is 2.10 bits per heavy atom. The fourth-order valence-corrected chi connectivity index (χ4v) is 3.49. The molecule has 1 amide bonds. The van der Waals surface area contributed by atoms with Crippen molar-refractivity contribution in [2.24, 2.45) is 0 Å². The second kappa shape index (κ2) is 6.46. The minimum atomic E-state index is -2.01. The number of amides is 1. The molecule has 0 aromatic rings. The van der Waals surface area contributed by atoms with Gasteiger partial charge >= 0.3 is 0 Å². The summed E-state index contributed by atoms with van der Waals surface area (Å²) in [7, 11) is -2.01. The van der Waals surface area contributed by atoms with Gasteiger partial charge in [-0.3, -0.25) is 4.79 Å². The van der Waals surface area contributed by atoms with Crippen molar-refractivity contribution in [2.75, 3.05) is 6.54 Å². The van der Waals surface area contributed by atoms with E-state index in [1.165, 1.54) is 6.92 Å². The molecule has 0 saturated heterocycles. The molecule has 0 aromatic heterocycles. The molecule has 0 spiro atoms. The van der Waals surface area contributed by atoms with Gasteiger partial charge in [-0.2, -0.15) is 0 Å². The largest absolute Gasteiger partial charge is 0.408 e. The number of aliphatic hydroxyl groups is 1. The summed E-state index contributed by atoms with van der Waals surface area (Å²) in [6, 6.07) is -0.404. The number of aliphatic hydroxyl groups excluding tert-OH is 1. The van der Waals surface area contributed by atoms with Crippen LogP contribution in [0.1, 0.15) is 27.7 Å². The summed E-state index contributed by atoms with van der Waals surface area (Å²) in [5.41, 5.74) is 0. The van der Waals surface area contributed by atoms with Crippen molar-refractivity contribution >= 4 is 14.2 Å². The Morgan fingerprint density at radius 1 is 1.52 bits per heavy atom. The Morgan fingerprint density at radius 3 is 2.52 bits per heavy atom. The molecule has 4 nitrogen and oxygen atoms in total. The number of nitrogens with zero attached hydrogens (tertiary/aromatic N) is 1. The first-order chi connectivity index (χ1) is 9.51. The Balaban J connectivity index is 3.04. The number of rotatable bonds is 4. The molecule has 5 heteroatoms. The summed E-state index contributed by atoms with van der Waals surface area (Å²) in [5, 5.41) is 10.4. The summed E-state index contributed by atoms with van der Waals surface area (Å²) < 4.78 is 6.37. The van der Waals surface area contributed by atoms with Crippen LogP contribution in [0.2, 0.25) is 18.1 Å². The predicted molar refractivity (Wildman–Crippen MR) is 88.6 cm³/mol. The quantitative estimate of drug-likeness (QED) is 0.641. The molecule has 3 atom stereocenters. The minimum absolute atomic E-state index is 0.0603. The van der Waals surface area contributed by atoms with Gasteiger partial charge in [-0.05, 0) is 18.1 Å². The third kappa shape index (κ3) is 4.05. The molecule has 1 N–H and O–H groups in total. The molecule has 0 aliphatic carbocycles. The van der Waals surface area contributed by atoms with E-state index in [-0.39, 0.29) is 17.0 Å². The van der Waals surface area contributed by atoms with E-state index in [0.29, 0.717) is 6.54 Å². The molecule has 1 aliphatic rings. The predicted octanol–water partition coefficient (Wildman–Crippen LogP) is 2.71. The van der Waals surface area contributed by atoms with Crippen molar-refractivity contribution < 1.29 is 14.3 Å².